The Labute approximate surface area is 256 Å². The van der Waals surface area contributed by atoms with Crippen LogP contribution in [0.4, 0.5) is 0 Å². The van der Waals surface area contributed by atoms with Crippen LogP contribution >= 0.6 is 34.3 Å². The topological polar surface area (TPSA) is 159 Å². The van der Waals surface area contributed by atoms with Crippen molar-refractivity contribution >= 4 is 72.2 Å². The van der Waals surface area contributed by atoms with Gasteiger partial charge in [0, 0.05) is 42.0 Å². The third-order valence-electron chi connectivity index (χ3n) is 6.91. The van der Waals surface area contributed by atoms with Crippen LogP contribution in [0, 0.1) is 0 Å². The smallest absolute Gasteiger partial charge is 0.250 e. The van der Waals surface area contributed by atoms with Crippen molar-refractivity contribution in [2.75, 3.05) is 26.2 Å². The first-order chi connectivity index (χ1) is 20.0. The van der Waals surface area contributed by atoms with Gasteiger partial charge in [0.05, 0.1) is 15.8 Å². The van der Waals surface area contributed by atoms with Gasteiger partial charge in [-0.05, 0) is 56.0 Å². The van der Waals surface area contributed by atoms with Crippen LogP contribution in [0.1, 0.15) is 30.6 Å². The number of rotatable bonds is 11. The summed E-state index contributed by atoms with van der Waals surface area (Å²) in [5.74, 6) is -0.782. The van der Waals surface area contributed by atoms with Gasteiger partial charge in [0.2, 0.25) is 31.9 Å². The van der Waals surface area contributed by atoms with Gasteiger partial charge in [-0.2, -0.15) is 4.72 Å². The number of hydrogen-bond donors (Lipinski definition) is 2. The molecule has 2 N–H and O–H groups in total. The summed E-state index contributed by atoms with van der Waals surface area (Å²) in [6.07, 6.45) is 4.97. The normalized spacial score (nSPS) is 20.2. The minimum absolute atomic E-state index is 0.0312. The summed E-state index contributed by atoms with van der Waals surface area (Å²) in [6, 6.07) is 6.78. The first-order valence-corrected chi connectivity index (χ1v) is 18.1. The van der Waals surface area contributed by atoms with Crippen molar-refractivity contribution in [3.8, 4) is 10.6 Å². The average Bonchev–Trinajstić information content (AvgIpc) is 3.76. The largest absolute Gasteiger partial charge is 0.364 e. The number of sulfonamides is 2. The first kappa shape index (κ1) is 30.8. The van der Waals surface area contributed by atoms with E-state index in [1.54, 1.807) is 29.2 Å². The molecule has 0 bridgehead atoms. The lowest BCUT2D eigenvalue weighted by Gasteiger charge is -2.34. The van der Waals surface area contributed by atoms with E-state index < -0.39 is 32.0 Å². The lowest BCUT2D eigenvalue weighted by atomic mass is 10.1. The quantitative estimate of drug-likeness (QED) is 0.314. The Kier molecular flexibility index (Phi) is 9.51. The van der Waals surface area contributed by atoms with Crippen LogP contribution in [-0.2, 0) is 29.6 Å². The zero-order chi connectivity index (χ0) is 29.9. The Morgan fingerprint density at radius 3 is 2.64 bits per heavy atom. The molecule has 0 spiro atoms. The number of likely N-dealkylation sites (tertiary alicyclic amines) is 2. The van der Waals surface area contributed by atoms with Gasteiger partial charge in [-0.25, -0.2) is 21.6 Å². The summed E-state index contributed by atoms with van der Waals surface area (Å²) in [5, 5.41) is 4.82. The fourth-order valence-electron chi connectivity index (χ4n) is 4.87. The summed E-state index contributed by atoms with van der Waals surface area (Å²) < 4.78 is 61.5. The van der Waals surface area contributed by atoms with Crippen LogP contribution in [0.25, 0.3) is 16.6 Å². The van der Waals surface area contributed by atoms with Crippen LogP contribution in [0.15, 0.2) is 50.7 Å². The first-order valence-electron chi connectivity index (χ1n) is 13.0. The van der Waals surface area contributed by atoms with Crippen molar-refractivity contribution in [1.82, 2.24) is 24.4 Å². The molecule has 0 aromatic carbocycles. The van der Waals surface area contributed by atoms with E-state index in [4.69, 9.17) is 16.1 Å². The number of amides is 2. The highest BCUT2D eigenvalue weighted by molar-refractivity contribution is 7.92. The summed E-state index contributed by atoms with van der Waals surface area (Å²) >= 11 is 8.17. The molecule has 5 heterocycles. The van der Waals surface area contributed by atoms with Crippen molar-refractivity contribution in [2.24, 2.45) is 0 Å². The fourth-order valence-corrected chi connectivity index (χ4v) is 9.32. The summed E-state index contributed by atoms with van der Waals surface area (Å²) in [5.41, 5.74) is 0.538. The van der Waals surface area contributed by atoms with Crippen LogP contribution in [0.3, 0.4) is 0 Å². The van der Waals surface area contributed by atoms with Gasteiger partial charge >= 0.3 is 0 Å². The SMILES string of the molecule is O=C1[C@@H](NS(=O)(=O)/C=C/c2ccc(Cl)s2)CCCN1CC(=O)N1CCC[C@@H]1CNS(=O)(=O)c1ccc(-c2ccon2)s1. The second-order valence-corrected chi connectivity index (χ2v) is 16.2. The molecule has 0 radical (unpaired) electrons. The molecule has 12 nitrogen and oxygen atoms in total. The number of nitrogens with one attached hydrogen (secondary N) is 2. The molecule has 5 rings (SSSR count). The Balaban J connectivity index is 1.16. The number of carbonyl (C=O) groups is 2. The third-order valence-corrected chi connectivity index (χ3v) is 12.2. The molecule has 2 atom stereocenters. The van der Waals surface area contributed by atoms with E-state index in [0.29, 0.717) is 58.6 Å². The Morgan fingerprint density at radius 2 is 1.90 bits per heavy atom. The molecule has 0 unspecified atom stereocenters. The van der Waals surface area contributed by atoms with Gasteiger partial charge in [0.25, 0.3) is 0 Å². The van der Waals surface area contributed by atoms with Crippen LogP contribution in [-0.4, -0.2) is 81.9 Å². The lowest BCUT2D eigenvalue weighted by molar-refractivity contribution is -0.143. The van der Waals surface area contributed by atoms with Crippen molar-refractivity contribution in [2.45, 2.75) is 42.0 Å². The second kappa shape index (κ2) is 13.0. The predicted octanol–water partition coefficient (Wildman–Crippen LogP) is 2.97. The van der Waals surface area contributed by atoms with E-state index in [-0.39, 0.29) is 29.2 Å². The molecule has 2 fully saturated rings. The molecular weight excluding hydrogens is 646 g/mol. The van der Waals surface area contributed by atoms with Crippen LogP contribution in [0.5, 0.6) is 0 Å². The number of nitrogens with zero attached hydrogens (tertiary/aromatic N) is 3. The van der Waals surface area contributed by atoms with Gasteiger partial charge in [-0.15, -0.1) is 22.7 Å². The molecule has 0 aliphatic carbocycles. The minimum atomic E-state index is -3.92. The van der Waals surface area contributed by atoms with Crippen molar-refractivity contribution < 1.29 is 30.9 Å². The molecule has 226 valence electrons. The zero-order valence-electron chi connectivity index (χ0n) is 22.1. The highest BCUT2D eigenvalue weighted by Crippen LogP contribution is 2.30. The predicted molar refractivity (Wildman–Crippen MR) is 160 cm³/mol. The van der Waals surface area contributed by atoms with E-state index >= 15 is 0 Å². The molecule has 2 amide bonds. The Hall–Kier alpha value is -2.60. The summed E-state index contributed by atoms with van der Waals surface area (Å²) in [4.78, 5) is 30.6. The van der Waals surface area contributed by atoms with E-state index in [9.17, 15) is 26.4 Å². The summed E-state index contributed by atoms with van der Waals surface area (Å²) in [7, 11) is -7.74. The molecule has 3 aromatic rings. The lowest BCUT2D eigenvalue weighted by Crippen LogP contribution is -2.55. The standard InChI is InChI=1S/C25H28ClN5O7S4/c26-22-7-5-18(39-22)10-14-41(34,35)29-20-4-2-11-30(25(20)33)16-23(32)31-12-1-3-17(31)15-27-42(36,37)24-8-6-21(40-24)19-9-13-38-28-19/h5-10,13-14,17,20,27,29H,1-4,11-12,15-16H2/b14-10+/t17-,20+/m1/s1. The number of thiophene rings is 2. The monoisotopic (exact) mass is 673 g/mol. The van der Waals surface area contributed by atoms with E-state index in [2.05, 4.69) is 14.6 Å². The van der Waals surface area contributed by atoms with Crippen molar-refractivity contribution in [3.05, 3.63) is 51.2 Å². The highest BCUT2D eigenvalue weighted by atomic mass is 35.5. The molecule has 0 saturated carbocycles. The van der Waals surface area contributed by atoms with Crippen molar-refractivity contribution in [1.29, 1.82) is 0 Å². The number of aromatic nitrogens is 1. The maximum absolute atomic E-state index is 13.2. The number of carbonyl (C=O) groups excluding carboxylic acids is 2. The third kappa shape index (κ3) is 7.48. The molecular formula is C25H28ClN5O7S4. The van der Waals surface area contributed by atoms with Gasteiger partial charge < -0.3 is 14.3 Å². The van der Waals surface area contributed by atoms with Gasteiger partial charge in [-0.3, -0.25) is 9.59 Å². The van der Waals surface area contributed by atoms with Crippen LogP contribution in [0.2, 0.25) is 4.34 Å². The number of piperidine rings is 1. The molecule has 2 saturated heterocycles. The van der Waals surface area contributed by atoms with E-state index in [1.165, 1.54) is 34.6 Å². The second-order valence-electron chi connectivity index (χ2n) is 9.80. The van der Waals surface area contributed by atoms with E-state index in [1.807, 2.05) is 0 Å². The number of hydrogen-bond acceptors (Lipinski definition) is 10. The Bertz CT molecular complexity index is 1670. The molecule has 17 heteroatoms. The number of halogens is 1. The molecule has 2 aliphatic rings. The maximum atomic E-state index is 13.2. The zero-order valence-corrected chi connectivity index (χ0v) is 26.2. The summed E-state index contributed by atoms with van der Waals surface area (Å²) in [6.45, 7) is 0.582. The van der Waals surface area contributed by atoms with Gasteiger partial charge in [0.15, 0.2) is 0 Å². The Morgan fingerprint density at radius 1 is 1.10 bits per heavy atom. The fraction of sp³-hybridized carbons (Fsp3) is 0.400. The van der Waals surface area contributed by atoms with E-state index in [0.717, 1.165) is 16.7 Å². The molecule has 3 aromatic heterocycles. The van der Waals surface area contributed by atoms with Gasteiger partial charge in [-0.1, -0.05) is 16.8 Å². The minimum Gasteiger partial charge on any atom is -0.364 e. The maximum Gasteiger partial charge on any atom is 0.250 e. The molecule has 42 heavy (non-hydrogen) atoms. The highest BCUT2D eigenvalue weighted by Gasteiger charge is 2.36. The molecule has 2 aliphatic heterocycles. The van der Waals surface area contributed by atoms with Crippen molar-refractivity contribution in [3.63, 3.8) is 0 Å². The van der Waals surface area contributed by atoms with Gasteiger partial charge in [0.1, 0.15) is 22.2 Å². The average molecular weight is 674 g/mol. The van der Waals surface area contributed by atoms with Crippen LogP contribution < -0.4 is 9.44 Å².